The molecule has 34 heavy (non-hydrogen) atoms. The molecule has 1 amide bonds. The lowest BCUT2D eigenvalue weighted by molar-refractivity contribution is 0.0554. The molecule has 0 N–H and O–H groups in total. The number of esters is 1. The van der Waals surface area contributed by atoms with E-state index in [0.717, 1.165) is 11.1 Å². The number of methoxy groups -OCH3 is 3. The van der Waals surface area contributed by atoms with E-state index in [0.29, 0.717) is 40.4 Å². The second-order valence-electron chi connectivity index (χ2n) is 7.60. The van der Waals surface area contributed by atoms with Gasteiger partial charge in [-0.15, -0.1) is 0 Å². The van der Waals surface area contributed by atoms with Gasteiger partial charge in [0.1, 0.15) is 12.4 Å². The summed E-state index contributed by atoms with van der Waals surface area (Å²) in [6.07, 6.45) is 0.646. The standard InChI is InChI=1S/C25H24BrNO7/c1-30-21-12-16-10-11-27(24(28)20-8-9-23(26)34-20)19(18(16)13-22(21)31-2)14-33-17-6-4-15(5-7-17)25(29)32-3/h4-9,12-13,19H,10-11,14H2,1-3H3/t19-/m1/s1. The minimum absolute atomic E-state index is 0.188. The molecule has 4 rings (SSSR count). The summed E-state index contributed by atoms with van der Waals surface area (Å²) in [5.74, 6) is 1.35. The fourth-order valence-electron chi connectivity index (χ4n) is 4.00. The van der Waals surface area contributed by atoms with Crippen LogP contribution in [-0.2, 0) is 11.2 Å². The quantitative estimate of drug-likeness (QED) is 0.411. The third-order valence-corrected chi connectivity index (χ3v) is 6.16. The molecule has 1 aromatic heterocycles. The molecule has 0 bridgehead atoms. The van der Waals surface area contributed by atoms with Crippen molar-refractivity contribution in [2.45, 2.75) is 12.5 Å². The second kappa shape index (κ2) is 10.2. The molecule has 2 heterocycles. The highest BCUT2D eigenvalue weighted by Gasteiger charge is 2.34. The fourth-order valence-corrected chi connectivity index (χ4v) is 4.31. The molecule has 0 unspecified atom stereocenters. The molecule has 1 atom stereocenters. The average Bonchev–Trinajstić information content (AvgIpc) is 3.31. The van der Waals surface area contributed by atoms with Crippen LogP contribution in [0.3, 0.4) is 0 Å². The summed E-state index contributed by atoms with van der Waals surface area (Å²) in [5.41, 5.74) is 2.39. The number of fused-ring (bicyclic) bond motifs is 1. The van der Waals surface area contributed by atoms with Gasteiger partial charge in [-0.2, -0.15) is 0 Å². The van der Waals surface area contributed by atoms with Crippen LogP contribution < -0.4 is 14.2 Å². The summed E-state index contributed by atoms with van der Waals surface area (Å²) in [5, 5.41) is 0. The topological polar surface area (TPSA) is 87.4 Å². The highest BCUT2D eigenvalue weighted by Crippen LogP contribution is 2.39. The summed E-state index contributed by atoms with van der Waals surface area (Å²) >= 11 is 3.26. The van der Waals surface area contributed by atoms with Crippen molar-refractivity contribution in [2.75, 3.05) is 34.5 Å². The first-order chi connectivity index (χ1) is 16.4. The first-order valence-electron chi connectivity index (χ1n) is 10.6. The van der Waals surface area contributed by atoms with E-state index in [4.69, 9.17) is 23.4 Å². The predicted molar refractivity (Wildman–Crippen MR) is 127 cm³/mol. The van der Waals surface area contributed by atoms with E-state index in [1.165, 1.54) is 7.11 Å². The van der Waals surface area contributed by atoms with Crippen LogP contribution in [0.5, 0.6) is 17.2 Å². The number of amides is 1. The second-order valence-corrected chi connectivity index (χ2v) is 8.38. The Balaban J connectivity index is 1.65. The molecule has 8 nitrogen and oxygen atoms in total. The minimum Gasteiger partial charge on any atom is -0.493 e. The van der Waals surface area contributed by atoms with Crippen LogP contribution in [0, 0.1) is 0 Å². The molecule has 3 aromatic rings. The van der Waals surface area contributed by atoms with Gasteiger partial charge >= 0.3 is 5.97 Å². The molecule has 2 aromatic carbocycles. The van der Waals surface area contributed by atoms with Crippen LogP contribution in [0.15, 0.2) is 57.6 Å². The number of benzene rings is 2. The van der Waals surface area contributed by atoms with Crippen LogP contribution >= 0.6 is 15.9 Å². The van der Waals surface area contributed by atoms with Gasteiger partial charge in [-0.1, -0.05) is 0 Å². The lowest BCUT2D eigenvalue weighted by Gasteiger charge is -2.37. The molecular formula is C25H24BrNO7. The van der Waals surface area contributed by atoms with Crippen LogP contribution in [0.1, 0.15) is 38.1 Å². The van der Waals surface area contributed by atoms with E-state index in [1.54, 1.807) is 55.5 Å². The van der Waals surface area contributed by atoms with Crippen LogP contribution in [0.2, 0.25) is 0 Å². The van der Waals surface area contributed by atoms with Crippen molar-refractivity contribution in [2.24, 2.45) is 0 Å². The van der Waals surface area contributed by atoms with Gasteiger partial charge in [-0.05, 0) is 82.0 Å². The average molecular weight is 530 g/mol. The lowest BCUT2D eigenvalue weighted by Crippen LogP contribution is -2.42. The van der Waals surface area contributed by atoms with Gasteiger partial charge in [0.25, 0.3) is 5.91 Å². The van der Waals surface area contributed by atoms with Gasteiger partial charge in [0, 0.05) is 6.54 Å². The molecule has 0 spiro atoms. The Morgan fingerprint density at radius 2 is 1.74 bits per heavy atom. The Bertz CT molecular complexity index is 1190. The molecule has 0 radical (unpaired) electrons. The summed E-state index contributed by atoms with van der Waals surface area (Å²) in [6.45, 7) is 0.669. The molecule has 1 aliphatic heterocycles. The van der Waals surface area contributed by atoms with E-state index < -0.39 is 12.0 Å². The molecule has 178 valence electrons. The van der Waals surface area contributed by atoms with Gasteiger partial charge in [0.05, 0.1) is 32.9 Å². The van der Waals surface area contributed by atoms with Gasteiger partial charge in [0.15, 0.2) is 21.9 Å². The summed E-state index contributed by atoms with van der Waals surface area (Å²) in [7, 11) is 4.50. The van der Waals surface area contributed by atoms with Gasteiger partial charge in [0.2, 0.25) is 0 Å². The third kappa shape index (κ3) is 4.75. The normalized spacial score (nSPS) is 14.8. The molecule has 0 aliphatic carbocycles. The van der Waals surface area contributed by atoms with Crippen LogP contribution in [0.4, 0.5) is 0 Å². The van der Waals surface area contributed by atoms with E-state index in [9.17, 15) is 9.59 Å². The van der Waals surface area contributed by atoms with Crippen LogP contribution in [0.25, 0.3) is 0 Å². The van der Waals surface area contributed by atoms with Crippen molar-refractivity contribution in [3.05, 3.63) is 75.7 Å². The Morgan fingerprint density at radius 3 is 2.35 bits per heavy atom. The number of furan rings is 1. The number of hydrogen-bond donors (Lipinski definition) is 0. The maximum absolute atomic E-state index is 13.3. The Kier molecular flexibility index (Phi) is 7.12. The zero-order valence-corrected chi connectivity index (χ0v) is 20.6. The zero-order valence-electron chi connectivity index (χ0n) is 19.0. The van der Waals surface area contributed by atoms with Crippen molar-refractivity contribution in [1.29, 1.82) is 0 Å². The maximum Gasteiger partial charge on any atom is 0.337 e. The number of hydrogen-bond acceptors (Lipinski definition) is 7. The lowest BCUT2D eigenvalue weighted by atomic mass is 9.92. The highest BCUT2D eigenvalue weighted by molar-refractivity contribution is 9.10. The minimum atomic E-state index is -0.421. The molecular weight excluding hydrogens is 506 g/mol. The van der Waals surface area contributed by atoms with Crippen molar-refractivity contribution in [1.82, 2.24) is 4.90 Å². The van der Waals surface area contributed by atoms with Crippen molar-refractivity contribution < 1.29 is 33.0 Å². The third-order valence-electron chi connectivity index (χ3n) is 5.73. The predicted octanol–water partition coefficient (Wildman–Crippen LogP) is 4.66. The van der Waals surface area contributed by atoms with E-state index in [1.807, 2.05) is 12.1 Å². The molecule has 0 saturated heterocycles. The van der Waals surface area contributed by atoms with Crippen molar-refractivity contribution in [3.8, 4) is 17.2 Å². The number of ether oxygens (including phenoxy) is 4. The molecule has 9 heteroatoms. The van der Waals surface area contributed by atoms with Gasteiger partial charge in [-0.3, -0.25) is 4.79 Å². The summed E-state index contributed by atoms with van der Waals surface area (Å²) in [6, 6.07) is 13.4. The number of halogens is 1. The fraction of sp³-hybridized carbons (Fsp3) is 0.280. The van der Waals surface area contributed by atoms with Crippen molar-refractivity contribution in [3.63, 3.8) is 0 Å². The number of carbonyl (C=O) groups excluding carboxylic acids is 2. The summed E-state index contributed by atoms with van der Waals surface area (Å²) < 4.78 is 27.8. The van der Waals surface area contributed by atoms with E-state index in [2.05, 4.69) is 15.9 Å². The molecule has 1 aliphatic rings. The maximum atomic E-state index is 13.3. The highest BCUT2D eigenvalue weighted by atomic mass is 79.9. The summed E-state index contributed by atoms with van der Waals surface area (Å²) in [4.78, 5) is 26.8. The first-order valence-corrected chi connectivity index (χ1v) is 11.4. The van der Waals surface area contributed by atoms with E-state index in [-0.39, 0.29) is 18.3 Å². The molecule has 0 fully saturated rings. The Hall–Kier alpha value is -3.46. The smallest absolute Gasteiger partial charge is 0.337 e. The van der Waals surface area contributed by atoms with Gasteiger partial charge < -0.3 is 28.3 Å². The van der Waals surface area contributed by atoms with Gasteiger partial charge in [-0.25, -0.2) is 4.79 Å². The zero-order chi connectivity index (χ0) is 24.2. The monoisotopic (exact) mass is 529 g/mol. The number of carbonyl (C=O) groups is 2. The largest absolute Gasteiger partial charge is 0.493 e. The van der Waals surface area contributed by atoms with E-state index >= 15 is 0 Å². The first kappa shape index (κ1) is 23.7. The molecule has 0 saturated carbocycles. The van der Waals surface area contributed by atoms with Crippen LogP contribution in [-0.4, -0.2) is 51.3 Å². The number of rotatable bonds is 7. The van der Waals surface area contributed by atoms with Crippen molar-refractivity contribution >= 4 is 27.8 Å². The Morgan fingerprint density at radius 1 is 1.03 bits per heavy atom. The number of nitrogens with zero attached hydrogens (tertiary/aromatic N) is 1. The Labute approximate surface area is 205 Å². The SMILES string of the molecule is COC(=O)c1ccc(OC[C@@H]2c3cc(OC)c(OC)cc3CCN2C(=O)c2ccc(Br)o2)cc1.